The van der Waals surface area contributed by atoms with E-state index in [9.17, 15) is 4.39 Å². The lowest BCUT2D eigenvalue weighted by Gasteiger charge is -2.37. The number of rotatable bonds is 4. The van der Waals surface area contributed by atoms with Crippen molar-refractivity contribution in [1.29, 1.82) is 0 Å². The van der Waals surface area contributed by atoms with Crippen LogP contribution in [0.5, 0.6) is 0 Å². The lowest BCUT2D eigenvalue weighted by molar-refractivity contribution is 0.00578. The first kappa shape index (κ1) is 16.9. The van der Waals surface area contributed by atoms with Gasteiger partial charge in [0.25, 0.3) is 0 Å². The molecule has 4 heterocycles. The van der Waals surface area contributed by atoms with Gasteiger partial charge in [0.05, 0.1) is 35.4 Å². The Morgan fingerprint density at radius 1 is 1.20 bits per heavy atom. The van der Waals surface area contributed by atoms with Gasteiger partial charge in [0, 0.05) is 25.6 Å². The Hall–Kier alpha value is -1.51. The van der Waals surface area contributed by atoms with Crippen LogP contribution in [0.1, 0.15) is 33.4 Å². The molecule has 0 amide bonds. The predicted octanol–water partition coefficient (Wildman–Crippen LogP) is 1.43. The second-order valence-corrected chi connectivity index (χ2v) is 8.10. The number of likely N-dealkylation sites (tertiary alicyclic amines) is 1. The zero-order chi connectivity index (χ0) is 17.8. The fraction of sp³-hybridized carbons (Fsp3) is 0.647. The van der Waals surface area contributed by atoms with E-state index >= 15 is 0 Å². The largest absolute Gasteiger partial charge is 0.516 e. The first-order valence-corrected chi connectivity index (χ1v) is 8.76. The summed E-state index contributed by atoms with van der Waals surface area (Å²) in [6.45, 7) is 10.2. The molecular weight excluding hydrogens is 322 g/mol. The van der Waals surface area contributed by atoms with Crippen LogP contribution in [0, 0.1) is 5.92 Å². The molecule has 0 atom stereocenters. The SMILES string of the molecule is CC1(C)OB(c2ccc3nc(CN4CC(CF)C4)cn3n2)OC1(C)C. The Morgan fingerprint density at radius 3 is 2.52 bits per heavy atom. The van der Waals surface area contributed by atoms with Gasteiger partial charge in [0.2, 0.25) is 0 Å². The van der Waals surface area contributed by atoms with Crippen LogP contribution >= 0.6 is 0 Å². The van der Waals surface area contributed by atoms with E-state index in [0.717, 1.165) is 36.6 Å². The molecule has 2 aromatic heterocycles. The van der Waals surface area contributed by atoms with Gasteiger partial charge in [0.15, 0.2) is 5.65 Å². The average Bonchev–Trinajstić information content (AvgIpc) is 2.99. The lowest BCUT2D eigenvalue weighted by atomic mass is 9.85. The Labute approximate surface area is 147 Å². The Balaban J connectivity index is 1.51. The summed E-state index contributed by atoms with van der Waals surface area (Å²) in [7, 11) is -0.485. The molecule has 134 valence electrons. The smallest absolute Gasteiger partial charge is 0.398 e. The minimum atomic E-state index is -0.485. The van der Waals surface area contributed by atoms with Gasteiger partial charge in [-0.2, -0.15) is 5.10 Å². The Bertz CT molecular complexity index is 772. The van der Waals surface area contributed by atoms with Crippen molar-refractivity contribution >= 4 is 18.4 Å². The molecule has 0 unspecified atom stereocenters. The van der Waals surface area contributed by atoms with Crippen LogP contribution in [-0.4, -0.2) is 57.6 Å². The molecular formula is C17H24BFN4O2. The maximum absolute atomic E-state index is 12.5. The molecule has 0 bridgehead atoms. The molecule has 0 spiro atoms. The number of aromatic nitrogens is 3. The van der Waals surface area contributed by atoms with Crippen LogP contribution in [0.25, 0.3) is 5.65 Å². The van der Waals surface area contributed by atoms with Crippen molar-refractivity contribution < 1.29 is 13.7 Å². The molecule has 2 aromatic rings. The number of hydrogen-bond acceptors (Lipinski definition) is 5. The van der Waals surface area contributed by atoms with Crippen LogP contribution in [0.2, 0.25) is 0 Å². The quantitative estimate of drug-likeness (QED) is 0.784. The van der Waals surface area contributed by atoms with Crippen molar-refractivity contribution in [3.63, 3.8) is 0 Å². The van der Waals surface area contributed by atoms with Crippen LogP contribution in [0.3, 0.4) is 0 Å². The highest BCUT2D eigenvalue weighted by Gasteiger charge is 2.52. The van der Waals surface area contributed by atoms with Crippen molar-refractivity contribution in [2.75, 3.05) is 19.8 Å². The summed E-state index contributed by atoms with van der Waals surface area (Å²) in [6.07, 6.45) is 1.92. The van der Waals surface area contributed by atoms with Crippen molar-refractivity contribution in [2.45, 2.75) is 45.4 Å². The monoisotopic (exact) mass is 346 g/mol. The first-order chi connectivity index (χ1) is 11.8. The molecule has 2 aliphatic rings. The standard InChI is InChI=1S/C17H24BFN4O2/c1-16(2)17(3,4)25-18(24-16)14-5-6-15-20-13(11-23(15)21-14)10-22-8-12(7-19)9-22/h5-6,11-12H,7-10H2,1-4H3. The van der Waals surface area contributed by atoms with E-state index in [4.69, 9.17) is 9.31 Å². The fourth-order valence-corrected chi connectivity index (χ4v) is 3.24. The van der Waals surface area contributed by atoms with Crippen LogP contribution < -0.4 is 5.59 Å². The third-order valence-corrected chi connectivity index (χ3v) is 5.52. The number of halogens is 1. The van der Waals surface area contributed by atoms with Crippen molar-refractivity contribution in [2.24, 2.45) is 5.92 Å². The van der Waals surface area contributed by atoms with Crippen molar-refractivity contribution in [3.8, 4) is 0 Å². The van der Waals surface area contributed by atoms with E-state index in [1.807, 2.05) is 46.0 Å². The summed E-state index contributed by atoms with van der Waals surface area (Å²) in [4.78, 5) is 6.79. The van der Waals surface area contributed by atoms with Crippen LogP contribution in [-0.2, 0) is 15.9 Å². The Morgan fingerprint density at radius 2 is 1.88 bits per heavy atom. The highest BCUT2D eigenvalue weighted by Crippen LogP contribution is 2.36. The minimum Gasteiger partial charge on any atom is -0.398 e. The van der Waals surface area contributed by atoms with Gasteiger partial charge in [0.1, 0.15) is 0 Å². The second kappa shape index (κ2) is 5.76. The fourth-order valence-electron chi connectivity index (χ4n) is 3.24. The van der Waals surface area contributed by atoms with Crippen molar-refractivity contribution in [3.05, 3.63) is 24.0 Å². The van der Waals surface area contributed by atoms with Crippen LogP contribution in [0.15, 0.2) is 18.3 Å². The maximum atomic E-state index is 12.5. The zero-order valence-corrected chi connectivity index (χ0v) is 15.2. The van der Waals surface area contributed by atoms with Crippen LogP contribution in [0.4, 0.5) is 4.39 Å². The lowest BCUT2D eigenvalue weighted by Crippen LogP contribution is -2.46. The molecule has 4 rings (SSSR count). The molecule has 0 radical (unpaired) electrons. The molecule has 0 saturated carbocycles. The highest BCUT2D eigenvalue weighted by atomic mass is 19.1. The summed E-state index contributed by atoms with van der Waals surface area (Å²) >= 11 is 0. The molecule has 0 N–H and O–H groups in total. The molecule has 0 aliphatic carbocycles. The third-order valence-electron chi connectivity index (χ3n) is 5.52. The molecule has 2 saturated heterocycles. The van der Waals surface area contributed by atoms with E-state index in [1.54, 1.807) is 4.52 Å². The molecule has 0 aromatic carbocycles. The van der Waals surface area contributed by atoms with E-state index in [0.29, 0.717) is 0 Å². The number of nitrogens with zero attached hydrogens (tertiary/aromatic N) is 4. The number of hydrogen-bond donors (Lipinski definition) is 0. The first-order valence-electron chi connectivity index (χ1n) is 8.76. The van der Waals surface area contributed by atoms with E-state index in [1.165, 1.54) is 0 Å². The molecule has 2 fully saturated rings. The Kier molecular flexibility index (Phi) is 3.90. The van der Waals surface area contributed by atoms with Gasteiger partial charge in [-0.1, -0.05) is 0 Å². The van der Waals surface area contributed by atoms with E-state index in [2.05, 4.69) is 15.0 Å². The molecule has 25 heavy (non-hydrogen) atoms. The third kappa shape index (κ3) is 2.96. The maximum Gasteiger partial charge on any atom is 0.516 e. The topological polar surface area (TPSA) is 51.9 Å². The summed E-state index contributed by atoms with van der Waals surface area (Å²) in [5.41, 5.74) is 1.68. The summed E-state index contributed by atoms with van der Waals surface area (Å²) in [5, 5.41) is 4.62. The number of imidazole rings is 1. The minimum absolute atomic E-state index is 0.185. The van der Waals surface area contributed by atoms with Gasteiger partial charge in [-0.3, -0.25) is 9.29 Å². The van der Waals surface area contributed by atoms with E-state index < -0.39 is 18.3 Å². The zero-order valence-electron chi connectivity index (χ0n) is 15.2. The number of alkyl halides is 1. The molecule has 8 heteroatoms. The predicted molar refractivity (Wildman–Crippen MR) is 93.4 cm³/mol. The van der Waals surface area contributed by atoms with Gasteiger partial charge >= 0.3 is 7.12 Å². The van der Waals surface area contributed by atoms with Crippen molar-refractivity contribution in [1.82, 2.24) is 19.5 Å². The summed E-state index contributed by atoms with van der Waals surface area (Å²) < 4.78 is 26.4. The molecule has 2 aliphatic heterocycles. The normalized spacial score (nSPS) is 23.3. The van der Waals surface area contributed by atoms with Gasteiger partial charge in [-0.25, -0.2) is 9.50 Å². The van der Waals surface area contributed by atoms with Gasteiger partial charge in [-0.15, -0.1) is 0 Å². The summed E-state index contributed by atoms with van der Waals surface area (Å²) in [5.74, 6) is 0.185. The molecule has 6 nitrogen and oxygen atoms in total. The highest BCUT2D eigenvalue weighted by molar-refractivity contribution is 6.61. The second-order valence-electron chi connectivity index (χ2n) is 8.10. The van der Waals surface area contributed by atoms with Gasteiger partial charge in [-0.05, 0) is 39.8 Å². The van der Waals surface area contributed by atoms with Gasteiger partial charge < -0.3 is 9.31 Å². The number of fused-ring (bicyclic) bond motifs is 1. The average molecular weight is 346 g/mol. The summed E-state index contributed by atoms with van der Waals surface area (Å²) in [6, 6.07) is 3.83. The van der Waals surface area contributed by atoms with E-state index in [-0.39, 0.29) is 12.6 Å².